The highest BCUT2D eigenvalue weighted by Gasteiger charge is 2.25. The first kappa shape index (κ1) is 20.9. The number of anilines is 2. The minimum atomic E-state index is -0.284. The number of hydrogen-bond acceptors (Lipinski definition) is 5. The molecule has 1 aliphatic rings. The average molecular weight is 420 g/mol. The van der Waals surface area contributed by atoms with Crippen LogP contribution < -0.4 is 11.1 Å². The topological polar surface area (TPSA) is 84.1 Å². The summed E-state index contributed by atoms with van der Waals surface area (Å²) < 4.78 is 13.8. The third-order valence-electron chi connectivity index (χ3n) is 5.55. The number of nitrogens with one attached hydrogen (secondary N) is 1. The summed E-state index contributed by atoms with van der Waals surface area (Å²) in [4.78, 5) is 22.3. The monoisotopic (exact) mass is 419 g/mol. The van der Waals surface area contributed by atoms with Crippen molar-refractivity contribution in [1.29, 1.82) is 0 Å². The van der Waals surface area contributed by atoms with Gasteiger partial charge in [-0.05, 0) is 54.8 Å². The van der Waals surface area contributed by atoms with E-state index in [9.17, 15) is 9.18 Å². The summed E-state index contributed by atoms with van der Waals surface area (Å²) in [5.74, 6) is 0.0647. The standard InChI is InChI=1S/C24H26FN5O/c1-16(31)28-21-9-7-17(8-10-21)14-30-11-3-5-19(15-30)23-22(13-27-24(26)29-23)18-4-2-6-20(25)12-18/h2,4,6-10,12-13,19H,3,5,11,14-15H2,1H3,(H,28,31)(H2,26,27,29)/t19-/m0/s1. The summed E-state index contributed by atoms with van der Waals surface area (Å²) in [6.07, 6.45) is 3.74. The third-order valence-corrected chi connectivity index (χ3v) is 5.55. The van der Waals surface area contributed by atoms with E-state index in [1.165, 1.54) is 24.6 Å². The number of piperidine rings is 1. The second-order valence-electron chi connectivity index (χ2n) is 7.99. The number of halogens is 1. The average Bonchev–Trinajstić information content (AvgIpc) is 2.75. The van der Waals surface area contributed by atoms with E-state index in [4.69, 9.17) is 5.73 Å². The highest BCUT2D eigenvalue weighted by atomic mass is 19.1. The van der Waals surface area contributed by atoms with Crippen molar-refractivity contribution in [3.05, 3.63) is 71.8 Å². The Morgan fingerprint density at radius 1 is 1.26 bits per heavy atom. The summed E-state index contributed by atoms with van der Waals surface area (Å²) in [7, 11) is 0. The lowest BCUT2D eigenvalue weighted by molar-refractivity contribution is -0.114. The van der Waals surface area contributed by atoms with Gasteiger partial charge in [0.15, 0.2) is 0 Å². The van der Waals surface area contributed by atoms with E-state index in [0.29, 0.717) is 0 Å². The van der Waals surface area contributed by atoms with Crippen LogP contribution in [-0.4, -0.2) is 33.9 Å². The summed E-state index contributed by atoms with van der Waals surface area (Å²) in [6, 6.07) is 14.4. The normalized spacial score (nSPS) is 16.8. The summed E-state index contributed by atoms with van der Waals surface area (Å²) in [6.45, 7) is 4.15. The first-order chi connectivity index (χ1) is 15.0. The van der Waals surface area contributed by atoms with E-state index in [2.05, 4.69) is 20.2 Å². The Bertz CT molecular complexity index is 1070. The van der Waals surface area contributed by atoms with Gasteiger partial charge in [-0.25, -0.2) is 14.4 Å². The van der Waals surface area contributed by atoms with E-state index in [-0.39, 0.29) is 23.6 Å². The predicted octanol–water partition coefficient (Wildman–Crippen LogP) is 4.20. The second kappa shape index (κ2) is 9.22. The molecule has 160 valence electrons. The summed E-state index contributed by atoms with van der Waals surface area (Å²) in [5, 5.41) is 2.79. The SMILES string of the molecule is CC(=O)Nc1ccc(CN2CCC[C@H](c3nc(N)ncc3-c3cccc(F)c3)C2)cc1. The zero-order valence-electron chi connectivity index (χ0n) is 17.5. The molecule has 1 atom stereocenters. The molecule has 0 radical (unpaired) electrons. The van der Waals surface area contributed by atoms with Gasteiger partial charge in [0, 0.05) is 43.4 Å². The van der Waals surface area contributed by atoms with Crippen molar-refractivity contribution in [3.63, 3.8) is 0 Å². The number of hydrogen-bond donors (Lipinski definition) is 2. The zero-order valence-corrected chi connectivity index (χ0v) is 17.5. The van der Waals surface area contributed by atoms with Crippen LogP contribution in [-0.2, 0) is 11.3 Å². The fourth-order valence-corrected chi connectivity index (χ4v) is 4.18. The number of carbonyl (C=O) groups excluding carboxylic acids is 1. The van der Waals surface area contributed by atoms with Crippen LogP contribution in [0, 0.1) is 5.82 Å². The molecule has 0 spiro atoms. The van der Waals surface area contributed by atoms with Gasteiger partial charge in [-0.1, -0.05) is 24.3 Å². The van der Waals surface area contributed by atoms with Gasteiger partial charge < -0.3 is 11.1 Å². The number of aromatic nitrogens is 2. The first-order valence-electron chi connectivity index (χ1n) is 10.4. The molecular formula is C24H26FN5O. The van der Waals surface area contributed by atoms with Crippen molar-refractivity contribution < 1.29 is 9.18 Å². The number of amides is 1. The molecule has 31 heavy (non-hydrogen) atoms. The highest BCUT2D eigenvalue weighted by molar-refractivity contribution is 5.88. The maximum Gasteiger partial charge on any atom is 0.221 e. The molecule has 1 aliphatic heterocycles. The molecule has 0 saturated carbocycles. The fourth-order valence-electron chi connectivity index (χ4n) is 4.18. The van der Waals surface area contributed by atoms with Crippen molar-refractivity contribution in [2.75, 3.05) is 24.1 Å². The fraction of sp³-hybridized carbons (Fsp3) is 0.292. The van der Waals surface area contributed by atoms with E-state index < -0.39 is 0 Å². The largest absolute Gasteiger partial charge is 0.368 e. The van der Waals surface area contributed by atoms with Crippen LogP contribution in [0.15, 0.2) is 54.7 Å². The maximum atomic E-state index is 13.8. The van der Waals surface area contributed by atoms with E-state index >= 15 is 0 Å². The van der Waals surface area contributed by atoms with Gasteiger partial charge in [-0.3, -0.25) is 9.69 Å². The van der Waals surface area contributed by atoms with Crippen LogP contribution in [0.1, 0.15) is 36.9 Å². The predicted molar refractivity (Wildman–Crippen MR) is 120 cm³/mol. The number of nitrogen functional groups attached to an aromatic ring is 1. The lowest BCUT2D eigenvalue weighted by atomic mass is 9.89. The van der Waals surface area contributed by atoms with Gasteiger partial charge in [0.2, 0.25) is 11.9 Å². The Hall–Kier alpha value is -3.32. The molecule has 1 aromatic heterocycles. The van der Waals surface area contributed by atoms with Crippen LogP contribution in [0.25, 0.3) is 11.1 Å². The Kier molecular flexibility index (Phi) is 6.23. The van der Waals surface area contributed by atoms with Crippen molar-refractivity contribution in [2.24, 2.45) is 0 Å². The van der Waals surface area contributed by atoms with Crippen LogP contribution in [0.2, 0.25) is 0 Å². The Morgan fingerprint density at radius 2 is 2.06 bits per heavy atom. The van der Waals surface area contributed by atoms with E-state index in [0.717, 1.165) is 55.0 Å². The molecule has 3 aromatic rings. The molecule has 1 fully saturated rings. The maximum absolute atomic E-state index is 13.8. The molecule has 2 aromatic carbocycles. The molecule has 0 unspecified atom stereocenters. The molecule has 0 aliphatic carbocycles. The van der Waals surface area contributed by atoms with Crippen LogP contribution in [0.3, 0.4) is 0 Å². The molecule has 0 bridgehead atoms. The first-order valence-corrected chi connectivity index (χ1v) is 10.4. The van der Waals surface area contributed by atoms with Crippen molar-refractivity contribution in [3.8, 4) is 11.1 Å². The lowest BCUT2D eigenvalue weighted by Gasteiger charge is -2.33. The lowest BCUT2D eigenvalue weighted by Crippen LogP contribution is -2.34. The Morgan fingerprint density at radius 3 is 2.81 bits per heavy atom. The smallest absolute Gasteiger partial charge is 0.221 e. The van der Waals surface area contributed by atoms with Crippen molar-refractivity contribution in [2.45, 2.75) is 32.2 Å². The second-order valence-corrected chi connectivity index (χ2v) is 7.99. The summed E-state index contributed by atoms with van der Waals surface area (Å²) in [5.41, 5.74) is 10.4. The van der Waals surface area contributed by atoms with Crippen LogP contribution in [0.4, 0.5) is 16.0 Å². The molecule has 4 rings (SSSR count). The van der Waals surface area contributed by atoms with Gasteiger partial charge >= 0.3 is 0 Å². The highest BCUT2D eigenvalue weighted by Crippen LogP contribution is 2.34. The zero-order chi connectivity index (χ0) is 21.8. The number of benzene rings is 2. The minimum Gasteiger partial charge on any atom is -0.368 e. The van der Waals surface area contributed by atoms with Gasteiger partial charge in [-0.2, -0.15) is 0 Å². The number of likely N-dealkylation sites (tertiary alicyclic amines) is 1. The van der Waals surface area contributed by atoms with Crippen molar-refractivity contribution in [1.82, 2.24) is 14.9 Å². The number of carbonyl (C=O) groups is 1. The minimum absolute atomic E-state index is 0.0788. The molecular weight excluding hydrogens is 393 g/mol. The molecule has 6 nitrogen and oxygen atoms in total. The third kappa shape index (κ3) is 5.24. The van der Waals surface area contributed by atoms with Crippen LogP contribution in [0.5, 0.6) is 0 Å². The van der Waals surface area contributed by atoms with E-state index in [1.807, 2.05) is 30.3 Å². The van der Waals surface area contributed by atoms with Gasteiger partial charge in [0.05, 0.1) is 5.69 Å². The van der Waals surface area contributed by atoms with Crippen LogP contribution >= 0.6 is 0 Å². The molecule has 7 heteroatoms. The van der Waals surface area contributed by atoms with Crippen molar-refractivity contribution >= 4 is 17.5 Å². The number of nitrogens with two attached hydrogens (primary N) is 1. The molecule has 1 saturated heterocycles. The molecule has 2 heterocycles. The molecule has 3 N–H and O–H groups in total. The number of nitrogens with zero attached hydrogens (tertiary/aromatic N) is 3. The van der Waals surface area contributed by atoms with Gasteiger partial charge in [-0.15, -0.1) is 0 Å². The van der Waals surface area contributed by atoms with Gasteiger partial charge in [0.25, 0.3) is 0 Å². The van der Waals surface area contributed by atoms with Gasteiger partial charge in [0.1, 0.15) is 5.82 Å². The van der Waals surface area contributed by atoms with E-state index in [1.54, 1.807) is 12.3 Å². The quantitative estimate of drug-likeness (QED) is 0.647. The summed E-state index contributed by atoms with van der Waals surface area (Å²) >= 11 is 0. The number of rotatable bonds is 5. The Balaban J connectivity index is 1.52. The Labute approximate surface area is 181 Å². The molecule has 1 amide bonds.